The van der Waals surface area contributed by atoms with Crippen LogP contribution in [0.4, 0.5) is 0 Å². The Morgan fingerprint density at radius 1 is 1.41 bits per heavy atom. The van der Waals surface area contributed by atoms with E-state index in [9.17, 15) is 0 Å². The molecule has 2 rings (SSSR count). The van der Waals surface area contributed by atoms with Crippen LogP contribution in [0, 0.1) is 0 Å². The lowest BCUT2D eigenvalue weighted by atomic mass is 10.3. The van der Waals surface area contributed by atoms with E-state index in [1.165, 1.54) is 10.6 Å². The van der Waals surface area contributed by atoms with Crippen LogP contribution in [0.5, 0.6) is 0 Å². The van der Waals surface area contributed by atoms with Gasteiger partial charge in [-0.15, -0.1) is 11.3 Å². The lowest BCUT2D eigenvalue weighted by molar-refractivity contribution is 0.719. The molecular weight excluding hydrogens is 230 g/mol. The van der Waals surface area contributed by atoms with Crippen molar-refractivity contribution in [3.63, 3.8) is 0 Å². The number of hydrogen-bond donors (Lipinski definition) is 1. The summed E-state index contributed by atoms with van der Waals surface area (Å²) in [6.07, 6.45) is 5.34. The topological polar surface area (TPSA) is 29.9 Å². The second kappa shape index (κ2) is 5.98. The van der Waals surface area contributed by atoms with Crippen LogP contribution in [0.2, 0.25) is 0 Å². The molecule has 0 amide bonds. The Kier molecular flexibility index (Phi) is 4.34. The number of aryl methyl sites for hydroxylation is 1. The van der Waals surface area contributed by atoms with Crippen molar-refractivity contribution in [3.05, 3.63) is 40.1 Å². The van der Waals surface area contributed by atoms with E-state index in [2.05, 4.69) is 52.6 Å². The predicted octanol–water partition coefficient (Wildman–Crippen LogP) is 2.66. The molecule has 0 saturated heterocycles. The van der Waals surface area contributed by atoms with Crippen molar-refractivity contribution in [3.8, 4) is 0 Å². The maximum absolute atomic E-state index is 4.58. The van der Waals surface area contributed by atoms with E-state index in [4.69, 9.17) is 0 Å². The van der Waals surface area contributed by atoms with Crippen LogP contribution in [0.25, 0.3) is 0 Å². The Hall–Kier alpha value is -1.13. The molecule has 0 spiro atoms. The smallest absolute Gasteiger partial charge is 0.0926 e. The van der Waals surface area contributed by atoms with Gasteiger partial charge in [0.05, 0.1) is 17.2 Å². The highest BCUT2D eigenvalue weighted by Crippen LogP contribution is 2.12. The minimum Gasteiger partial charge on any atom is -0.348 e. The van der Waals surface area contributed by atoms with E-state index in [0.717, 1.165) is 31.7 Å². The zero-order valence-electron chi connectivity index (χ0n) is 10.4. The van der Waals surface area contributed by atoms with Gasteiger partial charge in [-0.3, -0.25) is 0 Å². The summed E-state index contributed by atoms with van der Waals surface area (Å²) in [7, 11) is 0. The van der Waals surface area contributed by atoms with Gasteiger partial charge in [-0.25, -0.2) is 4.98 Å². The van der Waals surface area contributed by atoms with Crippen LogP contribution in [0.1, 0.15) is 30.1 Å². The van der Waals surface area contributed by atoms with E-state index in [0.29, 0.717) is 0 Å². The first-order valence-corrected chi connectivity index (χ1v) is 6.98. The van der Waals surface area contributed by atoms with Gasteiger partial charge in [0, 0.05) is 24.3 Å². The molecule has 4 heteroatoms. The van der Waals surface area contributed by atoms with Gasteiger partial charge >= 0.3 is 0 Å². The maximum atomic E-state index is 4.58. The van der Waals surface area contributed by atoms with Gasteiger partial charge in [-0.05, 0) is 24.6 Å². The summed E-state index contributed by atoms with van der Waals surface area (Å²) in [5.74, 6) is 0. The van der Waals surface area contributed by atoms with Crippen LogP contribution in [0.3, 0.4) is 0 Å². The largest absolute Gasteiger partial charge is 0.348 e. The highest BCUT2D eigenvalue weighted by atomic mass is 32.1. The molecule has 0 atom stereocenters. The Bertz CT molecular complexity index is 459. The number of rotatable bonds is 6. The fourth-order valence-electron chi connectivity index (χ4n) is 1.73. The number of thiazole rings is 1. The van der Waals surface area contributed by atoms with Crippen LogP contribution >= 0.6 is 11.3 Å². The van der Waals surface area contributed by atoms with Crippen molar-refractivity contribution in [1.82, 2.24) is 14.9 Å². The molecule has 0 saturated carbocycles. The summed E-state index contributed by atoms with van der Waals surface area (Å²) in [5.41, 5.74) is 2.50. The van der Waals surface area contributed by atoms with E-state index in [1.54, 1.807) is 11.3 Å². The third-order valence-corrected chi connectivity index (χ3v) is 3.68. The lowest BCUT2D eigenvalue weighted by Gasteiger charge is -1.99. The van der Waals surface area contributed by atoms with Gasteiger partial charge in [0.25, 0.3) is 0 Å². The van der Waals surface area contributed by atoms with Gasteiger partial charge in [-0.1, -0.05) is 13.8 Å². The summed E-state index contributed by atoms with van der Waals surface area (Å²) in [4.78, 5) is 4.58. The molecule has 92 valence electrons. The number of hydrogen-bond acceptors (Lipinski definition) is 3. The lowest BCUT2D eigenvalue weighted by Crippen LogP contribution is -2.11. The standard InChI is InChI=1S/C13H19N3S/c1-3-13-15-12(10-17-13)9-16-6-5-11(8-16)7-14-4-2/h5-6,8,10,14H,3-4,7,9H2,1-2H3. The predicted molar refractivity (Wildman–Crippen MR) is 72.4 cm³/mol. The Morgan fingerprint density at radius 2 is 2.29 bits per heavy atom. The zero-order chi connectivity index (χ0) is 12.1. The molecule has 2 aromatic rings. The summed E-state index contributed by atoms with van der Waals surface area (Å²) in [6, 6.07) is 2.16. The van der Waals surface area contributed by atoms with Gasteiger partial charge in [0.1, 0.15) is 0 Å². The molecule has 0 fully saturated rings. The molecule has 3 nitrogen and oxygen atoms in total. The average molecular weight is 249 g/mol. The summed E-state index contributed by atoms with van der Waals surface area (Å²) >= 11 is 1.75. The van der Waals surface area contributed by atoms with E-state index >= 15 is 0 Å². The van der Waals surface area contributed by atoms with E-state index < -0.39 is 0 Å². The fraction of sp³-hybridized carbons (Fsp3) is 0.462. The van der Waals surface area contributed by atoms with Gasteiger partial charge in [0.2, 0.25) is 0 Å². The van der Waals surface area contributed by atoms with Crippen LogP contribution in [0.15, 0.2) is 23.8 Å². The van der Waals surface area contributed by atoms with E-state index in [-0.39, 0.29) is 0 Å². The molecule has 0 unspecified atom stereocenters. The van der Waals surface area contributed by atoms with Crippen LogP contribution < -0.4 is 5.32 Å². The SMILES string of the molecule is CCNCc1ccn(Cc2csc(CC)n2)c1. The Labute approximate surface area is 107 Å². The molecular formula is C13H19N3S. The highest BCUT2D eigenvalue weighted by molar-refractivity contribution is 7.09. The monoisotopic (exact) mass is 249 g/mol. The van der Waals surface area contributed by atoms with Gasteiger partial charge in [-0.2, -0.15) is 0 Å². The highest BCUT2D eigenvalue weighted by Gasteiger charge is 2.02. The Balaban J connectivity index is 1.96. The molecule has 0 bridgehead atoms. The van der Waals surface area contributed by atoms with Gasteiger partial charge < -0.3 is 9.88 Å². The Morgan fingerprint density at radius 3 is 3.00 bits per heavy atom. The molecule has 0 aliphatic rings. The molecule has 17 heavy (non-hydrogen) atoms. The van der Waals surface area contributed by atoms with Gasteiger partial charge in [0.15, 0.2) is 0 Å². The fourth-order valence-corrected chi connectivity index (χ4v) is 2.47. The summed E-state index contributed by atoms with van der Waals surface area (Å²) < 4.78 is 2.20. The van der Waals surface area contributed by atoms with Crippen LogP contribution in [-0.2, 0) is 19.5 Å². The van der Waals surface area contributed by atoms with Crippen molar-refractivity contribution in [2.75, 3.05) is 6.54 Å². The first-order chi connectivity index (χ1) is 8.31. The third-order valence-electron chi connectivity index (χ3n) is 2.64. The normalized spacial score (nSPS) is 10.9. The number of nitrogens with zero attached hydrogens (tertiary/aromatic N) is 2. The first-order valence-electron chi connectivity index (χ1n) is 6.10. The zero-order valence-corrected chi connectivity index (χ0v) is 11.3. The third kappa shape index (κ3) is 3.41. The molecule has 0 aliphatic heterocycles. The van der Waals surface area contributed by atoms with Crippen molar-refractivity contribution in [2.45, 2.75) is 33.4 Å². The van der Waals surface area contributed by atoms with Crippen molar-refractivity contribution >= 4 is 11.3 Å². The van der Waals surface area contributed by atoms with Crippen LogP contribution in [-0.4, -0.2) is 16.1 Å². The number of nitrogens with one attached hydrogen (secondary N) is 1. The summed E-state index contributed by atoms with van der Waals surface area (Å²) in [6.45, 7) is 7.10. The maximum Gasteiger partial charge on any atom is 0.0926 e. The first kappa shape index (κ1) is 12.3. The molecule has 2 aromatic heterocycles. The summed E-state index contributed by atoms with van der Waals surface area (Å²) in [5, 5.41) is 6.71. The number of aromatic nitrogens is 2. The minimum absolute atomic E-state index is 0.878. The second-order valence-electron chi connectivity index (χ2n) is 4.06. The molecule has 0 aromatic carbocycles. The quantitative estimate of drug-likeness (QED) is 0.853. The minimum atomic E-state index is 0.878. The van der Waals surface area contributed by atoms with Crippen molar-refractivity contribution < 1.29 is 0 Å². The second-order valence-corrected chi connectivity index (χ2v) is 5.00. The molecule has 2 heterocycles. The average Bonchev–Trinajstić information content (AvgIpc) is 2.96. The van der Waals surface area contributed by atoms with Crippen molar-refractivity contribution in [2.24, 2.45) is 0 Å². The molecule has 1 N–H and O–H groups in total. The van der Waals surface area contributed by atoms with Crippen molar-refractivity contribution in [1.29, 1.82) is 0 Å². The van der Waals surface area contributed by atoms with E-state index in [1.807, 2.05) is 0 Å². The molecule has 0 radical (unpaired) electrons. The molecule has 0 aliphatic carbocycles.